The number of hydrogen-bond donors (Lipinski definition) is 0. The van der Waals surface area contributed by atoms with Crippen LogP contribution in [0.25, 0.3) is 0 Å². The van der Waals surface area contributed by atoms with E-state index < -0.39 is 5.60 Å². The summed E-state index contributed by atoms with van der Waals surface area (Å²) < 4.78 is 10.6. The normalized spacial score (nSPS) is 23.5. The lowest BCUT2D eigenvalue weighted by atomic mass is 9.91. The van der Waals surface area contributed by atoms with Gasteiger partial charge >= 0.3 is 5.97 Å². The molecule has 0 aliphatic carbocycles. The van der Waals surface area contributed by atoms with Gasteiger partial charge in [-0.3, -0.25) is 0 Å². The molecule has 1 aliphatic rings. The fourth-order valence-electron chi connectivity index (χ4n) is 1.93. The lowest BCUT2D eigenvalue weighted by Crippen LogP contribution is -2.20. The van der Waals surface area contributed by atoms with Crippen molar-refractivity contribution in [3.05, 3.63) is 29.3 Å². The zero-order chi connectivity index (χ0) is 11.1. The van der Waals surface area contributed by atoms with E-state index in [-0.39, 0.29) is 5.97 Å². The number of rotatable bonds is 2. The minimum atomic E-state index is -0.499. The highest BCUT2D eigenvalue weighted by Crippen LogP contribution is 2.42. The van der Waals surface area contributed by atoms with Gasteiger partial charge in [-0.05, 0) is 19.4 Å². The van der Waals surface area contributed by atoms with Crippen LogP contribution in [-0.2, 0) is 10.3 Å². The van der Waals surface area contributed by atoms with Gasteiger partial charge in [0.1, 0.15) is 16.9 Å². The SMILES string of the molecule is CCC1(C)OC(=O)c2c(OC)cccc21. The molecule has 15 heavy (non-hydrogen) atoms. The topological polar surface area (TPSA) is 35.5 Å². The third kappa shape index (κ3) is 1.30. The summed E-state index contributed by atoms with van der Waals surface area (Å²) in [6.07, 6.45) is 0.763. The molecule has 0 fully saturated rings. The Kier molecular flexibility index (Phi) is 2.18. The number of methoxy groups -OCH3 is 1. The molecule has 0 saturated carbocycles. The molecule has 80 valence electrons. The van der Waals surface area contributed by atoms with Gasteiger partial charge in [-0.25, -0.2) is 4.79 Å². The molecular formula is C12H14O3. The summed E-state index contributed by atoms with van der Waals surface area (Å²) in [7, 11) is 1.56. The van der Waals surface area contributed by atoms with Gasteiger partial charge in [0.05, 0.1) is 7.11 Å². The van der Waals surface area contributed by atoms with Crippen molar-refractivity contribution >= 4 is 5.97 Å². The smallest absolute Gasteiger partial charge is 0.343 e. The van der Waals surface area contributed by atoms with Crippen LogP contribution in [0.1, 0.15) is 36.2 Å². The molecule has 0 amide bonds. The number of benzene rings is 1. The van der Waals surface area contributed by atoms with Gasteiger partial charge in [0.15, 0.2) is 0 Å². The van der Waals surface area contributed by atoms with Crippen LogP contribution in [0.4, 0.5) is 0 Å². The average Bonchev–Trinajstić information content (AvgIpc) is 2.52. The molecule has 3 nitrogen and oxygen atoms in total. The second kappa shape index (κ2) is 3.26. The number of carbonyl (C=O) groups is 1. The number of ether oxygens (including phenoxy) is 2. The maximum absolute atomic E-state index is 11.7. The van der Waals surface area contributed by atoms with Gasteiger partial charge < -0.3 is 9.47 Å². The van der Waals surface area contributed by atoms with Crippen molar-refractivity contribution in [1.29, 1.82) is 0 Å². The fourth-order valence-corrected chi connectivity index (χ4v) is 1.93. The Bertz CT molecular complexity index is 411. The van der Waals surface area contributed by atoms with Crippen molar-refractivity contribution in [3.8, 4) is 5.75 Å². The number of cyclic esters (lactones) is 1. The molecule has 1 aromatic rings. The third-order valence-electron chi connectivity index (χ3n) is 3.01. The van der Waals surface area contributed by atoms with Gasteiger partial charge in [-0.2, -0.15) is 0 Å². The Balaban J connectivity index is 2.64. The Labute approximate surface area is 89.0 Å². The molecule has 1 aromatic carbocycles. The zero-order valence-corrected chi connectivity index (χ0v) is 9.16. The van der Waals surface area contributed by atoms with Crippen molar-refractivity contribution in [2.75, 3.05) is 7.11 Å². The van der Waals surface area contributed by atoms with Gasteiger partial charge in [-0.15, -0.1) is 0 Å². The van der Waals surface area contributed by atoms with Crippen LogP contribution in [-0.4, -0.2) is 13.1 Å². The number of fused-ring (bicyclic) bond motifs is 1. The van der Waals surface area contributed by atoms with Crippen molar-refractivity contribution in [2.45, 2.75) is 25.9 Å². The standard InChI is InChI=1S/C12H14O3/c1-4-12(2)8-6-5-7-9(14-3)10(8)11(13)15-12/h5-7H,4H2,1-3H3. The number of esters is 1. The van der Waals surface area contributed by atoms with E-state index in [9.17, 15) is 4.79 Å². The molecule has 1 heterocycles. The Morgan fingerprint density at radius 3 is 2.80 bits per heavy atom. The molecular weight excluding hydrogens is 192 g/mol. The molecule has 0 N–H and O–H groups in total. The summed E-state index contributed by atoms with van der Waals surface area (Å²) >= 11 is 0. The molecule has 0 bridgehead atoms. The van der Waals surface area contributed by atoms with E-state index in [4.69, 9.17) is 9.47 Å². The van der Waals surface area contributed by atoms with E-state index in [0.29, 0.717) is 11.3 Å². The largest absolute Gasteiger partial charge is 0.496 e. The van der Waals surface area contributed by atoms with Crippen LogP contribution in [0.5, 0.6) is 5.75 Å². The van der Waals surface area contributed by atoms with Crippen LogP contribution in [0, 0.1) is 0 Å². The minimum absolute atomic E-state index is 0.285. The van der Waals surface area contributed by atoms with E-state index in [2.05, 4.69) is 0 Å². The van der Waals surface area contributed by atoms with Crippen molar-refractivity contribution in [3.63, 3.8) is 0 Å². The highest BCUT2D eigenvalue weighted by Gasteiger charge is 2.41. The highest BCUT2D eigenvalue weighted by atomic mass is 16.6. The molecule has 0 radical (unpaired) electrons. The predicted molar refractivity (Wildman–Crippen MR) is 56.1 cm³/mol. The summed E-state index contributed by atoms with van der Waals surface area (Å²) in [6, 6.07) is 5.58. The minimum Gasteiger partial charge on any atom is -0.496 e. The maximum atomic E-state index is 11.7. The second-order valence-electron chi connectivity index (χ2n) is 3.86. The first-order chi connectivity index (χ1) is 7.12. The van der Waals surface area contributed by atoms with E-state index in [1.54, 1.807) is 13.2 Å². The van der Waals surface area contributed by atoms with Gasteiger partial charge in [0, 0.05) is 5.56 Å². The molecule has 1 atom stereocenters. The Morgan fingerprint density at radius 1 is 1.47 bits per heavy atom. The molecule has 0 spiro atoms. The van der Waals surface area contributed by atoms with Gasteiger partial charge in [-0.1, -0.05) is 19.1 Å². The second-order valence-corrected chi connectivity index (χ2v) is 3.86. The van der Waals surface area contributed by atoms with E-state index >= 15 is 0 Å². The van der Waals surface area contributed by atoms with Crippen LogP contribution in [0.2, 0.25) is 0 Å². The van der Waals surface area contributed by atoms with Crippen molar-refractivity contribution in [2.24, 2.45) is 0 Å². The lowest BCUT2D eigenvalue weighted by Gasteiger charge is -2.21. The number of carbonyl (C=O) groups excluding carboxylic acids is 1. The summed E-state index contributed by atoms with van der Waals surface area (Å²) in [5.41, 5.74) is 1.000. The molecule has 0 aromatic heterocycles. The van der Waals surface area contributed by atoms with E-state index in [1.165, 1.54) is 0 Å². The lowest BCUT2D eigenvalue weighted by molar-refractivity contribution is -0.000834. The molecule has 1 aliphatic heterocycles. The van der Waals surface area contributed by atoms with Crippen LogP contribution >= 0.6 is 0 Å². The van der Waals surface area contributed by atoms with Crippen molar-refractivity contribution < 1.29 is 14.3 Å². The summed E-state index contributed by atoms with van der Waals surface area (Å²) in [5.74, 6) is 0.307. The maximum Gasteiger partial charge on any atom is 0.343 e. The molecule has 3 heteroatoms. The average molecular weight is 206 g/mol. The predicted octanol–water partition coefficient (Wildman–Crippen LogP) is 2.49. The van der Waals surface area contributed by atoms with Crippen molar-refractivity contribution in [1.82, 2.24) is 0 Å². The van der Waals surface area contributed by atoms with Crippen LogP contribution in [0.15, 0.2) is 18.2 Å². The molecule has 2 rings (SSSR count). The van der Waals surface area contributed by atoms with E-state index in [1.807, 2.05) is 26.0 Å². The monoisotopic (exact) mass is 206 g/mol. The highest BCUT2D eigenvalue weighted by molar-refractivity contribution is 5.97. The first-order valence-corrected chi connectivity index (χ1v) is 5.03. The Hall–Kier alpha value is -1.51. The quantitative estimate of drug-likeness (QED) is 0.697. The Morgan fingerprint density at radius 2 is 2.20 bits per heavy atom. The molecule has 1 unspecified atom stereocenters. The number of hydrogen-bond acceptors (Lipinski definition) is 3. The first kappa shape index (κ1) is 10.0. The van der Waals surface area contributed by atoms with Crippen LogP contribution in [0.3, 0.4) is 0 Å². The first-order valence-electron chi connectivity index (χ1n) is 5.03. The van der Waals surface area contributed by atoms with Gasteiger partial charge in [0.2, 0.25) is 0 Å². The third-order valence-corrected chi connectivity index (χ3v) is 3.01. The summed E-state index contributed by atoms with van der Waals surface area (Å²) in [4.78, 5) is 11.7. The zero-order valence-electron chi connectivity index (χ0n) is 9.16. The van der Waals surface area contributed by atoms with Crippen LogP contribution < -0.4 is 4.74 Å². The summed E-state index contributed by atoms with van der Waals surface area (Å²) in [5, 5.41) is 0. The van der Waals surface area contributed by atoms with E-state index in [0.717, 1.165) is 12.0 Å². The van der Waals surface area contributed by atoms with Gasteiger partial charge in [0.25, 0.3) is 0 Å². The summed E-state index contributed by atoms with van der Waals surface area (Å²) in [6.45, 7) is 3.93. The molecule has 0 saturated heterocycles. The fraction of sp³-hybridized carbons (Fsp3) is 0.417.